The number of rotatable bonds is 8. The Kier molecular flexibility index (Phi) is 6.21. The number of hydrogen-bond acceptors (Lipinski definition) is 4. The van der Waals surface area contributed by atoms with Gasteiger partial charge >= 0.3 is 0 Å². The molecule has 0 saturated heterocycles. The van der Waals surface area contributed by atoms with Gasteiger partial charge in [-0.3, -0.25) is 0 Å². The molecule has 2 rings (SSSR count). The number of ether oxygens (including phenoxy) is 1. The van der Waals surface area contributed by atoms with Crippen molar-refractivity contribution in [3.8, 4) is 5.75 Å². The number of benzene rings is 1. The van der Waals surface area contributed by atoms with Crippen LogP contribution in [0.2, 0.25) is 0 Å². The van der Waals surface area contributed by atoms with E-state index in [1.54, 1.807) is 7.11 Å². The van der Waals surface area contributed by atoms with E-state index in [1.807, 2.05) is 23.5 Å². The highest BCUT2D eigenvalue weighted by atomic mass is 32.1. The first-order chi connectivity index (χ1) is 10.3. The molecule has 0 aliphatic heterocycles. The van der Waals surface area contributed by atoms with E-state index in [1.165, 1.54) is 21.1 Å². The predicted octanol–water partition coefficient (Wildman–Crippen LogP) is 3.80. The zero-order valence-electron chi connectivity index (χ0n) is 13.1. The summed E-state index contributed by atoms with van der Waals surface area (Å²) in [5.74, 6) is 0.908. The van der Waals surface area contributed by atoms with E-state index in [0.29, 0.717) is 0 Å². The van der Waals surface area contributed by atoms with Gasteiger partial charge in [-0.2, -0.15) is 0 Å². The van der Waals surface area contributed by atoms with Crippen LogP contribution in [0.15, 0.2) is 24.3 Å². The fraction of sp³-hybridized carbons (Fsp3) is 0.471. The van der Waals surface area contributed by atoms with Gasteiger partial charge in [-0.05, 0) is 30.7 Å². The second-order valence-electron chi connectivity index (χ2n) is 5.04. The number of hydrogen-bond donors (Lipinski definition) is 1. The number of methoxy groups -OCH3 is 1. The highest BCUT2D eigenvalue weighted by Crippen LogP contribution is 2.23. The molecule has 4 heteroatoms. The maximum atomic E-state index is 5.29. The molecule has 0 spiro atoms. The van der Waals surface area contributed by atoms with Crippen LogP contribution >= 0.6 is 11.3 Å². The smallest absolute Gasteiger partial charge is 0.119 e. The maximum Gasteiger partial charge on any atom is 0.119 e. The Morgan fingerprint density at radius 1 is 1.29 bits per heavy atom. The van der Waals surface area contributed by atoms with E-state index in [0.717, 1.165) is 38.1 Å². The number of nitrogens with zero attached hydrogens (tertiary/aromatic N) is 1. The van der Waals surface area contributed by atoms with Crippen molar-refractivity contribution in [2.75, 3.05) is 13.7 Å². The summed E-state index contributed by atoms with van der Waals surface area (Å²) in [4.78, 5) is 6.23. The summed E-state index contributed by atoms with van der Waals surface area (Å²) in [6, 6.07) is 8.23. The summed E-state index contributed by atoms with van der Waals surface area (Å²) in [6.45, 7) is 6.27. The van der Waals surface area contributed by atoms with Gasteiger partial charge in [-0.15, -0.1) is 11.3 Å². The van der Waals surface area contributed by atoms with Crippen molar-refractivity contribution >= 4 is 11.3 Å². The molecule has 1 heterocycles. The van der Waals surface area contributed by atoms with Gasteiger partial charge in [0, 0.05) is 17.8 Å². The van der Waals surface area contributed by atoms with Crippen LogP contribution in [0.3, 0.4) is 0 Å². The van der Waals surface area contributed by atoms with Gasteiger partial charge in [0.15, 0.2) is 0 Å². The van der Waals surface area contributed by atoms with Gasteiger partial charge in [0.2, 0.25) is 0 Å². The Morgan fingerprint density at radius 3 is 2.86 bits per heavy atom. The van der Waals surface area contributed by atoms with E-state index >= 15 is 0 Å². The highest BCUT2D eigenvalue weighted by molar-refractivity contribution is 7.11. The molecule has 0 saturated carbocycles. The maximum absolute atomic E-state index is 5.29. The van der Waals surface area contributed by atoms with Crippen LogP contribution in [-0.2, 0) is 19.4 Å². The van der Waals surface area contributed by atoms with Crippen molar-refractivity contribution in [3.05, 3.63) is 45.4 Å². The van der Waals surface area contributed by atoms with Gasteiger partial charge < -0.3 is 10.1 Å². The lowest BCUT2D eigenvalue weighted by molar-refractivity contribution is 0.414. The third-order valence-corrected chi connectivity index (χ3v) is 4.43. The van der Waals surface area contributed by atoms with Crippen LogP contribution in [0, 0.1) is 0 Å². The van der Waals surface area contributed by atoms with Gasteiger partial charge in [-0.1, -0.05) is 32.4 Å². The molecule has 1 aromatic carbocycles. The van der Waals surface area contributed by atoms with E-state index in [2.05, 4.69) is 31.3 Å². The molecule has 0 radical (unpaired) electrons. The summed E-state index contributed by atoms with van der Waals surface area (Å²) in [5.41, 5.74) is 2.52. The predicted molar refractivity (Wildman–Crippen MR) is 89.3 cm³/mol. The largest absolute Gasteiger partial charge is 0.497 e. The lowest BCUT2D eigenvalue weighted by atomic mass is 10.1. The van der Waals surface area contributed by atoms with Gasteiger partial charge in [0.25, 0.3) is 0 Å². The van der Waals surface area contributed by atoms with Gasteiger partial charge in [0.05, 0.1) is 17.8 Å². The number of nitrogens with one attached hydrogen (secondary N) is 1. The molecule has 0 unspecified atom stereocenters. The Morgan fingerprint density at radius 2 is 2.14 bits per heavy atom. The van der Waals surface area contributed by atoms with Crippen LogP contribution in [-0.4, -0.2) is 18.6 Å². The first-order valence-electron chi connectivity index (χ1n) is 7.57. The molecule has 2 aromatic rings. The molecular weight excluding hydrogens is 280 g/mol. The van der Waals surface area contributed by atoms with E-state index < -0.39 is 0 Å². The van der Waals surface area contributed by atoms with Crippen LogP contribution < -0.4 is 10.1 Å². The SMILES string of the molecule is CCCc1nc(Cc2cccc(OC)c2)sc1CNCC. The van der Waals surface area contributed by atoms with Crippen molar-refractivity contribution in [2.45, 2.75) is 39.7 Å². The van der Waals surface area contributed by atoms with E-state index in [9.17, 15) is 0 Å². The molecule has 1 aromatic heterocycles. The second-order valence-corrected chi connectivity index (χ2v) is 6.20. The fourth-order valence-electron chi connectivity index (χ4n) is 2.28. The van der Waals surface area contributed by atoms with Gasteiger partial charge in [-0.25, -0.2) is 4.98 Å². The highest BCUT2D eigenvalue weighted by Gasteiger charge is 2.11. The molecule has 0 amide bonds. The van der Waals surface area contributed by atoms with Crippen LogP contribution in [0.25, 0.3) is 0 Å². The first-order valence-corrected chi connectivity index (χ1v) is 8.39. The Bertz CT molecular complexity index is 566. The molecule has 3 nitrogen and oxygen atoms in total. The van der Waals surface area contributed by atoms with E-state index in [4.69, 9.17) is 9.72 Å². The molecule has 1 N–H and O–H groups in total. The molecule has 21 heavy (non-hydrogen) atoms. The molecule has 0 fully saturated rings. The Balaban J connectivity index is 2.14. The molecule has 0 aliphatic carbocycles. The summed E-state index contributed by atoms with van der Waals surface area (Å²) in [6.07, 6.45) is 3.08. The quantitative estimate of drug-likeness (QED) is 0.805. The zero-order chi connectivity index (χ0) is 15.1. The minimum atomic E-state index is 0.880. The van der Waals surface area contributed by atoms with Gasteiger partial charge in [0.1, 0.15) is 5.75 Å². The minimum absolute atomic E-state index is 0.880. The topological polar surface area (TPSA) is 34.1 Å². The normalized spacial score (nSPS) is 10.8. The second kappa shape index (κ2) is 8.15. The minimum Gasteiger partial charge on any atom is -0.497 e. The summed E-state index contributed by atoms with van der Waals surface area (Å²) in [7, 11) is 1.70. The summed E-state index contributed by atoms with van der Waals surface area (Å²) < 4.78 is 5.29. The van der Waals surface area contributed by atoms with Crippen LogP contribution in [0.4, 0.5) is 0 Å². The average Bonchev–Trinajstić information content (AvgIpc) is 2.87. The number of thiazole rings is 1. The zero-order valence-corrected chi connectivity index (χ0v) is 13.9. The molecule has 0 aliphatic rings. The number of aromatic nitrogens is 1. The lowest BCUT2D eigenvalue weighted by Gasteiger charge is -2.02. The van der Waals surface area contributed by atoms with Crippen molar-refractivity contribution in [1.82, 2.24) is 10.3 Å². The summed E-state index contributed by atoms with van der Waals surface area (Å²) in [5, 5.41) is 4.60. The average molecular weight is 304 g/mol. The van der Waals surface area contributed by atoms with Crippen molar-refractivity contribution in [3.63, 3.8) is 0 Å². The van der Waals surface area contributed by atoms with Crippen LogP contribution in [0.1, 0.15) is 41.4 Å². The molecule has 0 bridgehead atoms. The monoisotopic (exact) mass is 304 g/mol. The Hall–Kier alpha value is -1.39. The third-order valence-electron chi connectivity index (χ3n) is 3.33. The Labute approximate surface area is 131 Å². The first kappa shape index (κ1) is 16.0. The van der Waals surface area contributed by atoms with Crippen molar-refractivity contribution in [1.29, 1.82) is 0 Å². The summed E-state index contributed by atoms with van der Waals surface area (Å²) >= 11 is 1.83. The molecule has 0 atom stereocenters. The lowest BCUT2D eigenvalue weighted by Crippen LogP contribution is -2.11. The van der Waals surface area contributed by atoms with Crippen molar-refractivity contribution in [2.24, 2.45) is 0 Å². The third kappa shape index (κ3) is 4.55. The van der Waals surface area contributed by atoms with Crippen LogP contribution in [0.5, 0.6) is 5.75 Å². The molecule has 114 valence electrons. The number of aryl methyl sites for hydroxylation is 1. The molecular formula is C17H24N2OS. The van der Waals surface area contributed by atoms with Crippen molar-refractivity contribution < 1.29 is 4.74 Å². The standard InChI is InChI=1S/C17H24N2OS/c1-4-7-15-16(12-18-5-2)21-17(19-15)11-13-8-6-9-14(10-13)20-3/h6,8-10,18H,4-5,7,11-12H2,1-3H3. The fourth-order valence-corrected chi connectivity index (χ4v) is 3.40. The van der Waals surface area contributed by atoms with E-state index in [-0.39, 0.29) is 0 Å².